The molecular weight excluding hydrogens is 286 g/mol. The van der Waals surface area contributed by atoms with Gasteiger partial charge in [0.25, 0.3) is 0 Å². The topological polar surface area (TPSA) is 68.3 Å². The Morgan fingerprint density at radius 1 is 0.727 bits per heavy atom. The molecule has 7 heteroatoms. The fourth-order valence-electron chi connectivity index (χ4n) is 0.111. The van der Waals surface area contributed by atoms with Gasteiger partial charge in [-0.2, -0.15) is 0 Å². The molecule has 0 spiro atoms. The van der Waals surface area contributed by atoms with E-state index in [9.17, 15) is 19.2 Å². The zero-order valence-electron chi connectivity index (χ0n) is 5.03. The first-order valence-electron chi connectivity index (χ1n) is 1.96. The van der Waals surface area contributed by atoms with Crippen molar-refractivity contribution in [3.05, 3.63) is 0 Å². The van der Waals surface area contributed by atoms with E-state index in [1.54, 1.807) is 0 Å². The summed E-state index contributed by atoms with van der Waals surface area (Å²) in [6.45, 7) is 0. The summed E-state index contributed by atoms with van der Waals surface area (Å²) in [6, 6.07) is 0. The van der Waals surface area contributed by atoms with E-state index in [0.717, 1.165) is 0 Å². The Labute approximate surface area is 68.6 Å². The van der Waals surface area contributed by atoms with Gasteiger partial charge < -0.3 is 0 Å². The van der Waals surface area contributed by atoms with Crippen LogP contribution in [0, 0.1) is 0 Å². The average Bonchev–Trinajstić information content (AvgIpc) is 2.07. The number of hydrogen-bond acceptors (Lipinski definition) is 4. The normalized spacial score (nSPS) is 17.3. The summed E-state index contributed by atoms with van der Waals surface area (Å²) in [4.78, 5) is 40.1. The predicted octanol–water partition coefficient (Wildman–Crippen LogP) is 0.280. The van der Waals surface area contributed by atoms with Gasteiger partial charge in [-0.05, 0) is 0 Å². The molecule has 0 fully saturated rings. The van der Waals surface area contributed by atoms with Crippen LogP contribution >= 0.6 is 19.4 Å². The fraction of sp³-hybridized carbons (Fsp3) is 0. The average molecular weight is 290 g/mol. The zero-order valence-corrected chi connectivity index (χ0v) is 8.18. The van der Waals surface area contributed by atoms with Gasteiger partial charge in [0.15, 0.2) is 0 Å². The quantitative estimate of drug-likeness (QED) is 0.551. The van der Waals surface area contributed by atoms with Crippen LogP contribution < -0.4 is 0 Å². The summed E-state index contributed by atoms with van der Waals surface area (Å²) < 4.78 is 0. The van der Waals surface area contributed by atoms with Crippen LogP contribution in [0.5, 0.6) is 0 Å². The molecule has 0 amide bonds. The Morgan fingerprint density at radius 2 is 0.909 bits per heavy atom. The molecule has 0 aliphatic heterocycles. The second-order valence-corrected chi connectivity index (χ2v) is 18.7. The van der Waals surface area contributed by atoms with Gasteiger partial charge in [-0.25, -0.2) is 0 Å². The minimum absolute atomic E-state index is 0.258. The van der Waals surface area contributed by atoms with Crippen LogP contribution in [0.4, 0.5) is 0 Å². The minimum atomic E-state index is -5.97. The number of carbonyl (C=O) groups is 4. The predicted molar refractivity (Wildman–Crippen MR) is 38.7 cm³/mol. The SMILES string of the molecule is O=[CH][Rh]([Cl])([Cl])([CH]=O)([CH]=O)[CH]=O. The van der Waals surface area contributed by atoms with E-state index >= 15 is 0 Å². The van der Waals surface area contributed by atoms with Crippen LogP contribution in [0.3, 0.4) is 0 Å². The van der Waals surface area contributed by atoms with Crippen LogP contribution in [0.2, 0.25) is 0 Å². The molecule has 0 aromatic rings. The first-order chi connectivity index (χ1) is 4.80. The van der Waals surface area contributed by atoms with Gasteiger partial charge in [-0.15, -0.1) is 0 Å². The molecule has 0 aliphatic rings. The molecule has 0 heterocycles. The zero-order chi connectivity index (χ0) is 9.24. The molecule has 0 aliphatic carbocycles. The third kappa shape index (κ3) is 1.55. The molecule has 0 radical (unpaired) electrons. The molecular formula is C4H4Cl2O4Rh. The standard InChI is InChI=1S/4CHO.2ClH.Rh/c4*1-2;;;/h4*1H;2*1H;/q;;;;;;+2/p-2. The van der Waals surface area contributed by atoms with Crippen molar-refractivity contribution in [2.45, 2.75) is 0 Å². The van der Waals surface area contributed by atoms with Crippen molar-refractivity contribution in [1.29, 1.82) is 0 Å². The van der Waals surface area contributed by atoms with Crippen molar-refractivity contribution < 1.29 is 29.6 Å². The van der Waals surface area contributed by atoms with Crippen LogP contribution in [0.1, 0.15) is 0 Å². The molecule has 0 aromatic heterocycles. The van der Waals surface area contributed by atoms with E-state index in [0.29, 0.717) is 0 Å². The van der Waals surface area contributed by atoms with Crippen molar-refractivity contribution in [3.63, 3.8) is 0 Å². The van der Waals surface area contributed by atoms with Crippen molar-refractivity contribution in [1.82, 2.24) is 0 Å². The van der Waals surface area contributed by atoms with E-state index in [2.05, 4.69) is 0 Å². The summed E-state index contributed by atoms with van der Waals surface area (Å²) in [5.74, 6) is 0. The molecule has 0 saturated heterocycles. The van der Waals surface area contributed by atoms with Gasteiger partial charge in [-0.3, -0.25) is 0 Å². The van der Waals surface area contributed by atoms with Crippen LogP contribution in [-0.4, -0.2) is 19.5 Å². The van der Waals surface area contributed by atoms with Crippen molar-refractivity contribution in [2.24, 2.45) is 0 Å². The number of carbonyl (C=O) groups excluding carboxylic acids is 4. The third-order valence-electron chi connectivity index (χ3n) is 0.782. The summed E-state index contributed by atoms with van der Waals surface area (Å²) in [5.41, 5.74) is 0. The van der Waals surface area contributed by atoms with Gasteiger partial charge in [0.1, 0.15) is 0 Å². The summed E-state index contributed by atoms with van der Waals surface area (Å²) in [7, 11) is 4.54. The molecule has 0 atom stereocenters. The monoisotopic (exact) mass is 289 g/mol. The molecule has 0 unspecified atom stereocenters. The Kier molecular flexibility index (Phi) is 2.16. The van der Waals surface area contributed by atoms with Crippen molar-refractivity contribution in [3.8, 4) is 0 Å². The molecule has 0 saturated carbocycles. The van der Waals surface area contributed by atoms with Crippen LogP contribution in [-0.2, 0) is 29.6 Å². The second-order valence-electron chi connectivity index (χ2n) is 1.61. The van der Waals surface area contributed by atoms with Gasteiger partial charge in [0.05, 0.1) is 0 Å². The van der Waals surface area contributed by atoms with Crippen LogP contribution in [0.15, 0.2) is 0 Å². The molecule has 0 bridgehead atoms. The van der Waals surface area contributed by atoms with Gasteiger partial charge >= 0.3 is 68.5 Å². The van der Waals surface area contributed by atoms with E-state index < -0.39 is 10.4 Å². The maximum atomic E-state index is 10.3. The molecule has 4 nitrogen and oxygen atoms in total. The van der Waals surface area contributed by atoms with E-state index in [4.69, 9.17) is 19.4 Å². The third-order valence-corrected chi connectivity index (χ3v) is 7.44. The Bertz CT molecular complexity index is 205. The first kappa shape index (κ1) is 10.9. The van der Waals surface area contributed by atoms with Crippen molar-refractivity contribution in [2.75, 3.05) is 0 Å². The summed E-state index contributed by atoms with van der Waals surface area (Å²) >= 11 is 0. The number of rotatable bonds is 4. The molecule has 0 rings (SSSR count). The Morgan fingerprint density at radius 3 is 0.909 bits per heavy atom. The van der Waals surface area contributed by atoms with E-state index in [1.165, 1.54) is 0 Å². The van der Waals surface area contributed by atoms with E-state index in [1.807, 2.05) is 0 Å². The summed E-state index contributed by atoms with van der Waals surface area (Å²) in [5, 5.41) is 0. The second kappa shape index (κ2) is 2.19. The van der Waals surface area contributed by atoms with Crippen LogP contribution in [0.25, 0.3) is 0 Å². The van der Waals surface area contributed by atoms with Gasteiger partial charge in [-0.1, -0.05) is 0 Å². The number of hydrogen-bond donors (Lipinski definition) is 0. The Balaban J connectivity index is 5.80. The summed E-state index contributed by atoms with van der Waals surface area (Å²) in [6.07, 6.45) is 0. The van der Waals surface area contributed by atoms with Gasteiger partial charge in [0, 0.05) is 0 Å². The fourth-order valence-corrected chi connectivity index (χ4v) is 0.657. The molecule has 0 N–H and O–H groups in total. The maximum absolute atomic E-state index is 10.3. The molecule has 11 heavy (non-hydrogen) atoms. The van der Waals surface area contributed by atoms with Crippen molar-refractivity contribution >= 4 is 38.9 Å². The van der Waals surface area contributed by atoms with Gasteiger partial charge in [0.2, 0.25) is 0 Å². The van der Waals surface area contributed by atoms with E-state index in [-0.39, 0.29) is 19.5 Å². The number of halogens is 2. The molecule has 67 valence electrons. The first-order valence-corrected chi connectivity index (χ1v) is 9.97. The molecule has 0 aromatic carbocycles. The Hall–Kier alpha value is -0.117.